The number of hydrogen-bond donors (Lipinski definition) is 1. The summed E-state index contributed by atoms with van der Waals surface area (Å²) < 4.78 is 5.16. The van der Waals surface area contributed by atoms with E-state index in [9.17, 15) is 14.7 Å². The Bertz CT molecular complexity index is 898. The molecule has 2 saturated heterocycles. The van der Waals surface area contributed by atoms with Crippen molar-refractivity contribution in [2.75, 3.05) is 43.2 Å². The second kappa shape index (κ2) is 8.75. The number of amides is 3. The smallest absolute Gasteiger partial charge is 0.331 e. The molecular weight excluding hydrogens is 382 g/mol. The maximum Gasteiger partial charge on any atom is 0.331 e. The van der Waals surface area contributed by atoms with Crippen LogP contribution in [0.2, 0.25) is 0 Å². The summed E-state index contributed by atoms with van der Waals surface area (Å²) in [5.74, 6) is 0.904. The summed E-state index contributed by atoms with van der Waals surface area (Å²) in [4.78, 5) is 30.7. The monoisotopic (exact) mass is 409 g/mol. The zero-order valence-corrected chi connectivity index (χ0v) is 17.2. The van der Waals surface area contributed by atoms with Gasteiger partial charge in [0.15, 0.2) is 0 Å². The number of imide groups is 1. The third-order valence-corrected chi connectivity index (χ3v) is 5.88. The number of rotatable bonds is 6. The molecule has 1 N–H and O–H groups in total. The van der Waals surface area contributed by atoms with Crippen LogP contribution in [0.5, 0.6) is 5.75 Å². The average Bonchev–Trinajstić information content (AvgIpc) is 3.27. The number of anilines is 2. The largest absolute Gasteiger partial charge is 0.497 e. The molecule has 2 aromatic carbocycles. The van der Waals surface area contributed by atoms with Crippen LogP contribution < -0.4 is 14.5 Å². The number of benzene rings is 2. The SMILES string of the molecule is COc1ccc(CN2C(=O)CCN(c3ccc(N4CC[C@@H](CO)C4)cc3)C2=O)cc1. The quantitative estimate of drug-likeness (QED) is 0.794. The summed E-state index contributed by atoms with van der Waals surface area (Å²) in [7, 11) is 1.60. The van der Waals surface area contributed by atoms with Crippen LogP contribution >= 0.6 is 0 Å². The number of carbonyl (C=O) groups is 2. The zero-order valence-electron chi connectivity index (χ0n) is 17.2. The van der Waals surface area contributed by atoms with Gasteiger partial charge in [-0.15, -0.1) is 0 Å². The maximum absolute atomic E-state index is 13.1. The van der Waals surface area contributed by atoms with Crippen LogP contribution in [0.3, 0.4) is 0 Å². The Labute approximate surface area is 176 Å². The van der Waals surface area contributed by atoms with E-state index in [-0.39, 0.29) is 25.1 Å². The molecule has 0 spiro atoms. The molecule has 0 saturated carbocycles. The van der Waals surface area contributed by atoms with Crippen LogP contribution in [-0.4, -0.2) is 55.3 Å². The highest BCUT2D eigenvalue weighted by molar-refractivity contribution is 6.05. The number of carbonyl (C=O) groups excluding carboxylic acids is 2. The van der Waals surface area contributed by atoms with Crippen molar-refractivity contribution >= 4 is 23.3 Å². The third kappa shape index (κ3) is 4.11. The van der Waals surface area contributed by atoms with Gasteiger partial charge in [0.1, 0.15) is 5.75 Å². The van der Waals surface area contributed by atoms with Gasteiger partial charge in [0, 0.05) is 50.0 Å². The lowest BCUT2D eigenvalue weighted by molar-refractivity contribution is -0.129. The van der Waals surface area contributed by atoms with Gasteiger partial charge in [0.25, 0.3) is 0 Å². The summed E-state index contributed by atoms with van der Waals surface area (Å²) in [5, 5.41) is 9.34. The van der Waals surface area contributed by atoms with Crippen LogP contribution in [0, 0.1) is 5.92 Å². The van der Waals surface area contributed by atoms with Gasteiger partial charge < -0.3 is 14.7 Å². The summed E-state index contributed by atoms with van der Waals surface area (Å²) in [6.07, 6.45) is 1.29. The lowest BCUT2D eigenvalue weighted by Crippen LogP contribution is -2.52. The van der Waals surface area contributed by atoms with Crippen molar-refractivity contribution in [3.63, 3.8) is 0 Å². The van der Waals surface area contributed by atoms with Gasteiger partial charge in [-0.3, -0.25) is 14.6 Å². The number of nitrogens with zero attached hydrogens (tertiary/aromatic N) is 3. The van der Waals surface area contributed by atoms with Gasteiger partial charge in [-0.05, 0) is 48.4 Å². The summed E-state index contributed by atoms with van der Waals surface area (Å²) in [6, 6.07) is 15.0. The van der Waals surface area contributed by atoms with Crippen molar-refractivity contribution in [3.8, 4) is 5.75 Å². The Morgan fingerprint density at radius 1 is 1.00 bits per heavy atom. The fourth-order valence-corrected chi connectivity index (χ4v) is 4.06. The normalized spacial score (nSPS) is 19.5. The first-order valence-corrected chi connectivity index (χ1v) is 10.3. The minimum atomic E-state index is -0.295. The van der Waals surface area contributed by atoms with E-state index in [0.29, 0.717) is 18.9 Å². The Balaban J connectivity index is 1.46. The Hall–Kier alpha value is -3.06. The molecular formula is C23H27N3O4. The number of methoxy groups -OCH3 is 1. The molecule has 2 aliphatic heterocycles. The van der Waals surface area contributed by atoms with E-state index in [1.54, 1.807) is 12.0 Å². The number of aliphatic hydroxyl groups excluding tert-OH is 1. The molecule has 0 unspecified atom stereocenters. The predicted octanol–water partition coefficient (Wildman–Crippen LogP) is 2.87. The minimum Gasteiger partial charge on any atom is -0.497 e. The predicted molar refractivity (Wildman–Crippen MR) is 115 cm³/mol. The van der Waals surface area contributed by atoms with E-state index >= 15 is 0 Å². The van der Waals surface area contributed by atoms with Crippen molar-refractivity contribution in [3.05, 3.63) is 54.1 Å². The molecule has 0 aromatic heterocycles. The number of ether oxygens (including phenoxy) is 1. The van der Waals surface area contributed by atoms with Crippen molar-refractivity contribution in [2.24, 2.45) is 5.92 Å². The Kier molecular flexibility index (Phi) is 5.90. The fourth-order valence-electron chi connectivity index (χ4n) is 4.06. The van der Waals surface area contributed by atoms with Gasteiger partial charge >= 0.3 is 6.03 Å². The first kappa shape index (κ1) is 20.2. The minimum absolute atomic E-state index is 0.157. The second-order valence-electron chi connectivity index (χ2n) is 7.81. The van der Waals surface area contributed by atoms with Gasteiger partial charge in [-0.25, -0.2) is 4.79 Å². The molecule has 0 bridgehead atoms. The molecule has 7 heteroatoms. The summed E-state index contributed by atoms with van der Waals surface area (Å²) >= 11 is 0. The van der Waals surface area contributed by atoms with Crippen molar-refractivity contribution in [2.45, 2.75) is 19.4 Å². The van der Waals surface area contributed by atoms with Crippen molar-refractivity contribution < 1.29 is 19.4 Å². The molecule has 2 fully saturated rings. The summed E-state index contributed by atoms with van der Waals surface area (Å²) in [6.45, 7) is 2.62. The topological polar surface area (TPSA) is 73.3 Å². The highest BCUT2D eigenvalue weighted by Crippen LogP contribution is 2.28. The Morgan fingerprint density at radius 3 is 2.33 bits per heavy atom. The van der Waals surface area contributed by atoms with Gasteiger partial charge in [-0.1, -0.05) is 12.1 Å². The molecule has 7 nitrogen and oxygen atoms in total. The van der Waals surface area contributed by atoms with Crippen molar-refractivity contribution in [1.82, 2.24) is 4.90 Å². The second-order valence-corrected chi connectivity index (χ2v) is 7.81. The lowest BCUT2D eigenvalue weighted by atomic mass is 10.1. The highest BCUT2D eigenvalue weighted by Gasteiger charge is 2.33. The van der Waals surface area contributed by atoms with Crippen LogP contribution in [0.15, 0.2) is 48.5 Å². The Morgan fingerprint density at radius 2 is 1.70 bits per heavy atom. The molecule has 0 aliphatic carbocycles. The lowest BCUT2D eigenvalue weighted by Gasteiger charge is -2.34. The molecule has 158 valence electrons. The number of hydrogen-bond acceptors (Lipinski definition) is 5. The molecule has 1 atom stereocenters. The van der Waals surface area contributed by atoms with E-state index in [1.807, 2.05) is 48.5 Å². The van der Waals surface area contributed by atoms with Gasteiger partial charge in [-0.2, -0.15) is 0 Å². The molecule has 4 rings (SSSR count). The molecule has 2 aliphatic rings. The first-order chi connectivity index (χ1) is 14.6. The van der Waals surface area contributed by atoms with Crippen LogP contribution in [0.1, 0.15) is 18.4 Å². The zero-order chi connectivity index (χ0) is 21.1. The number of urea groups is 1. The molecule has 2 heterocycles. The number of aliphatic hydroxyl groups is 1. The van der Waals surface area contributed by atoms with Crippen LogP contribution in [0.25, 0.3) is 0 Å². The fraction of sp³-hybridized carbons (Fsp3) is 0.391. The first-order valence-electron chi connectivity index (χ1n) is 10.3. The van der Waals surface area contributed by atoms with E-state index in [4.69, 9.17) is 4.74 Å². The van der Waals surface area contributed by atoms with E-state index in [1.165, 1.54) is 4.90 Å². The molecule has 2 aromatic rings. The average molecular weight is 409 g/mol. The standard InChI is InChI=1S/C23H27N3O4/c1-30-21-8-2-17(3-9-21)15-26-22(28)11-13-25(23(26)29)20-6-4-19(5-7-20)24-12-10-18(14-24)16-27/h2-9,18,27H,10-16H2,1H3/t18-/m1/s1. The third-order valence-electron chi connectivity index (χ3n) is 5.88. The van der Waals surface area contributed by atoms with Crippen LogP contribution in [0.4, 0.5) is 16.2 Å². The van der Waals surface area contributed by atoms with E-state index in [2.05, 4.69) is 4.90 Å². The van der Waals surface area contributed by atoms with E-state index in [0.717, 1.165) is 42.2 Å². The van der Waals surface area contributed by atoms with Gasteiger partial charge in [0.2, 0.25) is 5.91 Å². The van der Waals surface area contributed by atoms with Crippen LogP contribution in [-0.2, 0) is 11.3 Å². The van der Waals surface area contributed by atoms with E-state index < -0.39 is 0 Å². The highest BCUT2D eigenvalue weighted by atomic mass is 16.5. The maximum atomic E-state index is 13.1. The molecule has 30 heavy (non-hydrogen) atoms. The van der Waals surface area contributed by atoms with Gasteiger partial charge in [0.05, 0.1) is 13.7 Å². The van der Waals surface area contributed by atoms with Crippen molar-refractivity contribution in [1.29, 1.82) is 0 Å². The summed E-state index contributed by atoms with van der Waals surface area (Å²) in [5.41, 5.74) is 2.75. The molecule has 0 radical (unpaired) electrons. The molecule has 3 amide bonds.